The van der Waals surface area contributed by atoms with Gasteiger partial charge in [-0.2, -0.15) is 0 Å². The van der Waals surface area contributed by atoms with Gasteiger partial charge in [0, 0.05) is 6.42 Å². The standard InChI is InChI=1S/C8H12O4/c1-5-4-6(12-8(5)11)2-3-7(9)10/h5-6H,2-4H2,1H3,(H,9,10). The van der Waals surface area contributed by atoms with Gasteiger partial charge in [-0.05, 0) is 12.8 Å². The topological polar surface area (TPSA) is 63.6 Å². The molecular formula is C8H12O4. The van der Waals surface area contributed by atoms with Crippen molar-refractivity contribution in [3.8, 4) is 0 Å². The number of hydrogen-bond donors (Lipinski definition) is 1. The maximum atomic E-state index is 10.9. The zero-order valence-corrected chi connectivity index (χ0v) is 6.95. The van der Waals surface area contributed by atoms with Gasteiger partial charge in [0.25, 0.3) is 0 Å². The van der Waals surface area contributed by atoms with Crippen molar-refractivity contribution in [3.63, 3.8) is 0 Å². The lowest BCUT2D eigenvalue weighted by molar-refractivity contribution is -0.145. The van der Waals surface area contributed by atoms with Crippen molar-refractivity contribution in [1.82, 2.24) is 0 Å². The van der Waals surface area contributed by atoms with E-state index < -0.39 is 5.97 Å². The monoisotopic (exact) mass is 172 g/mol. The first-order valence-electron chi connectivity index (χ1n) is 4.02. The number of esters is 1. The van der Waals surface area contributed by atoms with Crippen LogP contribution in [0.2, 0.25) is 0 Å². The Morgan fingerprint density at radius 3 is 2.83 bits per heavy atom. The van der Waals surface area contributed by atoms with E-state index >= 15 is 0 Å². The Hall–Kier alpha value is -1.06. The summed E-state index contributed by atoms with van der Waals surface area (Å²) in [6.07, 6.45) is 0.992. The number of carbonyl (C=O) groups is 2. The number of carbonyl (C=O) groups excluding carboxylic acids is 1. The molecule has 0 bridgehead atoms. The highest BCUT2D eigenvalue weighted by atomic mass is 16.5. The molecule has 0 aromatic carbocycles. The smallest absolute Gasteiger partial charge is 0.309 e. The molecule has 2 unspecified atom stereocenters. The minimum Gasteiger partial charge on any atom is -0.481 e. The van der Waals surface area contributed by atoms with Crippen LogP contribution < -0.4 is 0 Å². The van der Waals surface area contributed by atoms with Gasteiger partial charge in [0.15, 0.2) is 0 Å². The van der Waals surface area contributed by atoms with Gasteiger partial charge in [0.2, 0.25) is 0 Å². The summed E-state index contributed by atoms with van der Waals surface area (Å²) in [5, 5.41) is 8.37. The van der Waals surface area contributed by atoms with Crippen LogP contribution in [-0.4, -0.2) is 23.1 Å². The average Bonchev–Trinajstić information content (AvgIpc) is 2.28. The number of rotatable bonds is 3. The molecule has 0 radical (unpaired) electrons. The Labute approximate surface area is 70.5 Å². The predicted octanol–water partition coefficient (Wildman–Crippen LogP) is 0.803. The number of carboxylic acids is 1. The van der Waals surface area contributed by atoms with E-state index in [0.717, 1.165) is 0 Å². The van der Waals surface area contributed by atoms with E-state index in [1.807, 2.05) is 0 Å². The van der Waals surface area contributed by atoms with Gasteiger partial charge in [-0.25, -0.2) is 0 Å². The van der Waals surface area contributed by atoms with E-state index in [1.165, 1.54) is 0 Å². The zero-order valence-electron chi connectivity index (χ0n) is 6.95. The highest BCUT2D eigenvalue weighted by molar-refractivity contribution is 5.74. The largest absolute Gasteiger partial charge is 0.481 e. The molecule has 0 aliphatic carbocycles. The van der Waals surface area contributed by atoms with Crippen LogP contribution in [0, 0.1) is 5.92 Å². The molecule has 12 heavy (non-hydrogen) atoms. The van der Waals surface area contributed by atoms with E-state index in [1.54, 1.807) is 6.92 Å². The fourth-order valence-corrected chi connectivity index (χ4v) is 1.28. The van der Waals surface area contributed by atoms with Crippen molar-refractivity contribution in [3.05, 3.63) is 0 Å². The fraction of sp³-hybridized carbons (Fsp3) is 0.750. The molecule has 1 aliphatic rings. The molecule has 1 fully saturated rings. The second-order valence-corrected chi connectivity index (χ2v) is 3.13. The summed E-state index contributed by atoms with van der Waals surface area (Å²) < 4.78 is 4.92. The Morgan fingerprint density at radius 2 is 2.42 bits per heavy atom. The first-order valence-corrected chi connectivity index (χ1v) is 4.02. The molecular weight excluding hydrogens is 160 g/mol. The Kier molecular flexibility index (Phi) is 2.68. The fourth-order valence-electron chi connectivity index (χ4n) is 1.28. The zero-order chi connectivity index (χ0) is 9.14. The number of hydrogen-bond acceptors (Lipinski definition) is 3. The molecule has 1 heterocycles. The van der Waals surface area contributed by atoms with Gasteiger partial charge in [-0.3, -0.25) is 9.59 Å². The highest BCUT2D eigenvalue weighted by Crippen LogP contribution is 2.23. The summed E-state index contributed by atoms with van der Waals surface area (Å²) in [7, 11) is 0. The molecule has 1 N–H and O–H groups in total. The van der Waals surface area contributed by atoms with Gasteiger partial charge in [-0.1, -0.05) is 6.92 Å². The average molecular weight is 172 g/mol. The summed E-state index contributed by atoms with van der Waals surface area (Å²) >= 11 is 0. The summed E-state index contributed by atoms with van der Waals surface area (Å²) in [6.45, 7) is 1.79. The molecule has 4 heteroatoms. The third-order valence-electron chi connectivity index (χ3n) is 1.98. The molecule has 0 spiro atoms. The lowest BCUT2D eigenvalue weighted by atomic mass is 10.0. The van der Waals surface area contributed by atoms with Crippen molar-refractivity contribution in [2.75, 3.05) is 0 Å². The Morgan fingerprint density at radius 1 is 1.75 bits per heavy atom. The maximum absolute atomic E-state index is 10.9. The summed E-state index contributed by atoms with van der Waals surface area (Å²) in [4.78, 5) is 21.0. The third-order valence-corrected chi connectivity index (χ3v) is 1.98. The van der Waals surface area contributed by atoms with E-state index in [0.29, 0.717) is 12.8 Å². The van der Waals surface area contributed by atoms with Gasteiger partial charge >= 0.3 is 11.9 Å². The Bertz CT molecular complexity index is 199. The van der Waals surface area contributed by atoms with Gasteiger partial charge in [0.05, 0.1) is 5.92 Å². The van der Waals surface area contributed by atoms with Gasteiger partial charge in [0.1, 0.15) is 6.10 Å². The highest BCUT2D eigenvalue weighted by Gasteiger charge is 2.30. The van der Waals surface area contributed by atoms with Gasteiger partial charge in [-0.15, -0.1) is 0 Å². The van der Waals surface area contributed by atoms with Crippen LogP contribution in [-0.2, 0) is 14.3 Å². The van der Waals surface area contributed by atoms with Crippen LogP contribution in [0.3, 0.4) is 0 Å². The molecule has 1 saturated heterocycles. The first kappa shape index (κ1) is 9.03. The molecule has 0 aromatic heterocycles. The molecule has 0 aromatic rings. The van der Waals surface area contributed by atoms with Crippen molar-refractivity contribution >= 4 is 11.9 Å². The van der Waals surface area contributed by atoms with Crippen LogP contribution >= 0.6 is 0 Å². The lowest BCUT2D eigenvalue weighted by Crippen LogP contribution is -2.09. The summed E-state index contributed by atoms with van der Waals surface area (Å²) in [5.41, 5.74) is 0. The van der Waals surface area contributed by atoms with Crippen molar-refractivity contribution in [2.24, 2.45) is 5.92 Å². The Balaban J connectivity index is 2.28. The normalized spacial score (nSPS) is 28.6. The summed E-state index contributed by atoms with van der Waals surface area (Å²) in [6, 6.07) is 0. The molecule has 4 nitrogen and oxygen atoms in total. The number of aliphatic carboxylic acids is 1. The van der Waals surface area contributed by atoms with Crippen LogP contribution in [0.15, 0.2) is 0 Å². The maximum Gasteiger partial charge on any atom is 0.309 e. The SMILES string of the molecule is CC1CC(CCC(=O)O)OC1=O. The van der Waals surface area contributed by atoms with E-state index in [9.17, 15) is 9.59 Å². The minimum atomic E-state index is -0.842. The molecule has 1 rings (SSSR count). The van der Waals surface area contributed by atoms with Gasteiger partial charge < -0.3 is 9.84 Å². The quantitative estimate of drug-likeness (QED) is 0.639. The lowest BCUT2D eigenvalue weighted by Gasteiger charge is -2.05. The molecule has 68 valence electrons. The summed E-state index contributed by atoms with van der Waals surface area (Å²) in [5.74, 6) is -1.11. The van der Waals surface area contributed by atoms with E-state index in [2.05, 4.69) is 0 Å². The minimum absolute atomic E-state index is 0.0659. The van der Waals surface area contributed by atoms with Crippen LogP contribution in [0.25, 0.3) is 0 Å². The first-order chi connectivity index (χ1) is 5.59. The number of ether oxygens (including phenoxy) is 1. The number of carboxylic acid groups (broad SMARTS) is 1. The van der Waals surface area contributed by atoms with Crippen molar-refractivity contribution in [1.29, 1.82) is 0 Å². The van der Waals surface area contributed by atoms with Crippen LogP contribution in [0.1, 0.15) is 26.2 Å². The second-order valence-electron chi connectivity index (χ2n) is 3.13. The second kappa shape index (κ2) is 3.56. The molecule has 2 atom stereocenters. The van der Waals surface area contributed by atoms with Crippen molar-refractivity contribution < 1.29 is 19.4 Å². The van der Waals surface area contributed by atoms with Crippen molar-refractivity contribution in [2.45, 2.75) is 32.3 Å². The van der Waals surface area contributed by atoms with E-state index in [4.69, 9.17) is 9.84 Å². The predicted molar refractivity (Wildman–Crippen MR) is 40.5 cm³/mol. The molecule has 1 aliphatic heterocycles. The number of cyclic esters (lactones) is 1. The van der Waals surface area contributed by atoms with Crippen LogP contribution in [0.5, 0.6) is 0 Å². The molecule has 0 saturated carbocycles. The van der Waals surface area contributed by atoms with Crippen LogP contribution in [0.4, 0.5) is 0 Å². The molecule has 0 amide bonds. The third kappa shape index (κ3) is 2.22. The van der Waals surface area contributed by atoms with E-state index in [-0.39, 0.29) is 24.4 Å².